The second kappa shape index (κ2) is 4.50. The van der Waals surface area contributed by atoms with Gasteiger partial charge in [0.05, 0.1) is 5.69 Å². The average molecular weight is 261 g/mol. The number of hydrogen-bond acceptors (Lipinski definition) is 3. The fraction of sp³-hybridized carbons (Fsp3) is 0.400. The van der Waals surface area contributed by atoms with Crippen LogP contribution in [-0.4, -0.2) is 14.0 Å². The molecule has 7 heteroatoms. The lowest BCUT2D eigenvalue weighted by Gasteiger charge is -2.20. The summed E-state index contributed by atoms with van der Waals surface area (Å²) in [6.07, 6.45) is 0. The van der Waals surface area contributed by atoms with Crippen molar-refractivity contribution in [3.8, 4) is 0 Å². The van der Waals surface area contributed by atoms with Crippen molar-refractivity contribution in [1.82, 2.24) is 4.72 Å². The number of halogens is 1. The SMILES string of the molecule is CC(C)(C)NS(=O)(=O)Nc1cc(N)cc(F)c1. The maximum atomic E-state index is 13.0. The molecule has 0 saturated carbocycles. The number of nitrogens with two attached hydrogens (primary N) is 1. The Hall–Kier alpha value is -1.34. The Bertz CT molecular complexity index is 489. The van der Waals surface area contributed by atoms with E-state index in [9.17, 15) is 12.8 Å². The molecule has 0 amide bonds. The van der Waals surface area contributed by atoms with Gasteiger partial charge in [0.1, 0.15) is 5.82 Å². The second-order valence-electron chi connectivity index (χ2n) is 4.73. The molecular formula is C10H16FN3O2S. The largest absolute Gasteiger partial charge is 0.399 e. The first-order valence-electron chi connectivity index (χ1n) is 4.95. The standard InChI is InChI=1S/C10H16FN3O2S/c1-10(2,3)14-17(15,16)13-9-5-7(11)4-8(12)6-9/h4-6,13-14H,12H2,1-3H3. The lowest BCUT2D eigenvalue weighted by Crippen LogP contribution is -2.43. The highest BCUT2D eigenvalue weighted by Crippen LogP contribution is 2.16. The van der Waals surface area contributed by atoms with Crippen LogP contribution in [0.4, 0.5) is 15.8 Å². The van der Waals surface area contributed by atoms with Gasteiger partial charge in [-0.25, -0.2) is 4.39 Å². The van der Waals surface area contributed by atoms with E-state index >= 15 is 0 Å². The molecule has 0 atom stereocenters. The number of hydrogen-bond donors (Lipinski definition) is 3. The number of benzene rings is 1. The molecule has 0 spiro atoms. The molecule has 0 bridgehead atoms. The van der Waals surface area contributed by atoms with Crippen molar-refractivity contribution < 1.29 is 12.8 Å². The second-order valence-corrected chi connectivity index (χ2v) is 6.15. The number of rotatable bonds is 3. The molecular weight excluding hydrogens is 245 g/mol. The van der Waals surface area contributed by atoms with Crippen molar-refractivity contribution in [3.05, 3.63) is 24.0 Å². The van der Waals surface area contributed by atoms with Crippen LogP contribution in [-0.2, 0) is 10.2 Å². The van der Waals surface area contributed by atoms with Crippen LogP contribution >= 0.6 is 0 Å². The lowest BCUT2D eigenvalue weighted by molar-refractivity contribution is 0.494. The van der Waals surface area contributed by atoms with Crippen LogP contribution in [0.15, 0.2) is 18.2 Å². The summed E-state index contributed by atoms with van der Waals surface area (Å²) in [5.41, 5.74) is 5.02. The van der Waals surface area contributed by atoms with Gasteiger partial charge in [-0.2, -0.15) is 13.1 Å². The molecule has 5 nitrogen and oxygen atoms in total. The molecule has 17 heavy (non-hydrogen) atoms. The molecule has 0 aliphatic carbocycles. The summed E-state index contributed by atoms with van der Waals surface area (Å²) in [6, 6.07) is 3.50. The molecule has 0 aromatic heterocycles. The topological polar surface area (TPSA) is 84.2 Å². The van der Waals surface area contributed by atoms with Crippen molar-refractivity contribution in [2.24, 2.45) is 0 Å². The molecule has 0 heterocycles. The number of nitrogen functional groups attached to an aromatic ring is 1. The highest BCUT2D eigenvalue weighted by molar-refractivity contribution is 7.90. The van der Waals surface area contributed by atoms with Gasteiger partial charge in [0.25, 0.3) is 10.2 Å². The molecule has 1 aromatic rings. The summed E-state index contributed by atoms with van der Waals surface area (Å²) in [5.74, 6) is -0.599. The number of nitrogens with one attached hydrogen (secondary N) is 2. The van der Waals surface area contributed by atoms with Gasteiger partial charge < -0.3 is 5.73 Å². The highest BCUT2D eigenvalue weighted by atomic mass is 32.2. The van der Waals surface area contributed by atoms with Crippen molar-refractivity contribution in [2.45, 2.75) is 26.3 Å². The van der Waals surface area contributed by atoms with Crippen molar-refractivity contribution in [1.29, 1.82) is 0 Å². The zero-order valence-electron chi connectivity index (χ0n) is 9.91. The molecule has 1 rings (SSSR count). The van der Waals surface area contributed by atoms with Gasteiger partial charge in [-0.05, 0) is 39.0 Å². The van der Waals surface area contributed by atoms with E-state index in [-0.39, 0.29) is 11.4 Å². The monoisotopic (exact) mass is 261 g/mol. The predicted molar refractivity (Wildman–Crippen MR) is 66.2 cm³/mol. The van der Waals surface area contributed by atoms with Gasteiger partial charge in [0.15, 0.2) is 0 Å². The van der Waals surface area contributed by atoms with Gasteiger partial charge in [-0.3, -0.25) is 4.72 Å². The Balaban J connectivity index is 2.91. The smallest absolute Gasteiger partial charge is 0.299 e. The Kier molecular flexibility index (Phi) is 3.63. The third-order valence-electron chi connectivity index (χ3n) is 1.61. The Labute approximate surface area is 100 Å². The van der Waals surface area contributed by atoms with Crippen LogP contribution in [0, 0.1) is 5.82 Å². The van der Waals surface area contributed by atoms with Gasteiger partial charge in [-0.15, -0.1) is 0 Å². The summed E-state index contributed by atoms with van der Waals surface area (Å²) >= 11 is 0. The minimum Gasteiger partial charge on any atom is -0.399 e. The van der Waals surface area contributed by atoms with Crippen molar-refractivity contribution in [2.75, 3.05) is 10.5 Å². The van der Waals surface area contributed by atoms with Crippen molar-refractivity contribution in [3.63, 3.8) is 0 Å². The fourth-order valence-corrected chi connectivity index (χ4v) is 2.54. The van der Waals surface area contributed by atoms with Crippen LogP contribution < -0.4 is 15.2 Å². The third kappa shape index (κ3) is 5.01. The first-order chi connectivity index (χ1) is 7.57. The van der Waals surface area contributed by atoms with Crippen LogP contribution in [0.2, 0.25) is 0 Å². The summed E-state index contributed by atoms with van der Waals surface area (Å²) in [5, 5.41) is 0. The Morgan fingerprint density at radius 1 is 1.24 bits per heavy atom. The average Bonchev–Trinajstić information content (AvgIpc) is 1.93. The zero-order valence-corrected chi connectivity index (χ0v) is 10.7. The van der Waals surface area contributed by atoms with E-state index in [1.165, 1.54) is 6.07 Å². The summed E-state index contributed by atoms with van der Waals surface area (Å²) < 4.78 is 40.9. The van der Waals surface area contributed by atoms with Crippen LogP contribution in [0.1, 0.15) is 20.8 Å². The predicted octanol–water partition coefficient (Wildman–Crippen LogP) is 1.45. The van der Waals surface area contributed by atoms with E-state index in [0.717, 1.165) is 12.1 Å². The normalized spacial score (nSPS) is 12.5. The molecule has 0 radical (unpaired) electrons. The maximum absolute atomic E-state index is 13.0. The van der Waals surface area contributed by atoms with Gasteiger partial charge >= 0.3 is 0 Å². The third-order valence-corrected chi connectivity index (χ3v) is 3.00. The molecule has 1 aromatic carbocycles. The molecule has 0 aliphatic heterocycles. The number of anilines is 2. The minimum absolute atomic E-state index is 0.0826. The van der Waals surface area contributed by atoms with Crippen LogP contribution in [0.3, 0.4) is 0 Å². The highest BCUT2D eigenvalue weighted by Gasteiger charge is 2.19. The summed E-state index contributed by atoms with van der Waals surface area (Å²) in [6.45, 7) is 5.10. The quantitative estimate of drug-likeness (QED) is 0.720. The van der Waals surface area contributed by atoms with E-state index in [4.69, 9.17) is 5.73 Å². The summed E-state index contributed by atoms with van der Waals surface area (Å²) in [4.78, 5) is 0. The van der Waals surface area contributed by atoms with E-state index in [1.807, 2.05) is 0 Å². The molecule has 0 fully saturated rings. The van der Waals surface area contributed by atoms with Crippen LogP contribution in [0.5, 0.6) is 0 Å². The van der Waals surface area contributed by atoms with E-state index < -0.39 is 21.6 Å². The molecule has 96 valence electrons. The summed E-state index contributed by atoms with van der Waals surface area (Å²) in [7, 11) is -3.75. The lowest BCUT2D eigenvalue weighted by atomic mass is 10.1. The van der Waals surface area contributed by atoms with Gasteiger partial charge in [-0.1, -0.05) is 0 Å². The Morgan fingerprint density at radius 3 is 2.29 bits per heavy atom. The van der Waals surface area contributed by atoms with E-state index in [2.05, 4.69) is 9.44 Å². The Morgan fingerprint density at radius 2 is 1.82 bits per heavy atom. The molecule has 0 aliphatic rings. The van der Waals surface area contributed by atoms with E-state index in [1.54, 1.807) is 20.8 Å². The van der Waals surface area contributed by atoms with Crippen LogP contribution in [0.25, 0.3) is 0 Å². The maximum Gasteiger partial charge on any atom is 0.299 e. The molecule has 0 saturated heterocycles. The minimum atomic E-state index is -3.75. The first kappa shape index (κ1) is 13.7. The molecule has 0 unspecified atom stereocenters. The fourth-order valence-electron chi connectivity index (χ4n) is 1.26. The molecule has 4 N–H and O–H groups in total. The van der Waals surface area contributed by atoms with E-state index in [0.29, 0.717) is 0 Å². The van der Waals surface area contributed by atoms with Gasteiger partial charge in [0.2, 0.25) is 0 Å². The van der Waals surface area contributed by atoms with Gasteiger partial charge in [0, 0.05) is 11.2 Å². The zero-order chi connectivity index (χ0) is 13.3. The first-order valence-corrected chi connectivity index (χ1v) is 6.43. The van der Waals surface area contributed by atoms with Crippen molar-refractivity contribution >= 4 is 21.6 Å².